The van der Waals surface area contributed by atoms with Gasteiger partial charge in [0.2, 0.25) is 5.91 Å². The Hall–Kier alpha value is -1.78. The summed E-state index contributed by atoms with van der Waals surface area (Å²) in [6.07, 6.45) is 5.65. The smallest absolute Gasteiger partial charge is 0.342 e. The molecule has 5 nitrogen and oxygen atoms in total. The van der Waals surface area contributed by atoms with Gasteiger partial charge in [-0.15, -0.1) is 0 Å². The third-order valence-corrected chi connectivity index (χ3v) is 3.53. The number of H-pyrrole nitrogens is 1. The fourth-order valence-electron chi connectivity index (χ4n) is 2.25. The van der Waals surface area contributed by atoms with Gasteiger partial charge in [0.15, 0.2) is 0 Å². The topological polar surface area (TPSA) is 71.2 Å². The molecule has 5 heteroatoms. The average Bonchev–Trinajstić information content (AvgIpc) is 2.65. The summed E-state index contributed by atoms with van der Waals surface area (Å²) in [4.78, 5) is 26.7. The van der Waals surface area contributed by atoms with Gasteiger partial charge in [-0.2, -0.15) is 0 Å². The Morgan fingerprint density at radius 2 is 2.21 bits per heavy atom. The summed E-state index contributed by atoms with van der Waals surface area (Å²) < 4.78 is 4.99. The molecule has 0 unspecified atom stereocenters. The maximum absolute atomic E-state index is 11.9. The monoisotopic (exact) mass is 264 g/mol. The van der Waals surface area contributed by atoms with Crippen molar-refractivity contribution in [3.8, 4) is 0 Å². The van der Waals surface area contributed by atoms with Gasteiger partial charge in [0.1, 0.15) is 5.56 Å². The highest BCUT2D eigenvalue weighted by atomic mass is 16.5. The minimum Gasteiger partial charge on any atom is -0.462 e. The van der Waals surface area contributed by atoms with Gasteiger partial charge >= 0.3 is 5.97 Å². The van der Waals surface area contributed by atoms with Crippen LogP contribution >= 0.6 is 0 Å². The number of carbonyl (C=O) groups excluding carboxylic acids is 2. The van der Waals surface area contributed by atoms with Crippen molar-refractivity contribution < 1.29 is 14.3 Å². The zero-order chi connectivity index (χ0) is 13.8. The van der Waals surface area contributed by atoms with E-state index in [4.69, 9.17) is 4.74 Å². The van der Waals surface area contributed by atoms with Crippen molar-refractivity contribution in [3.63, 3.8) is 0 Å². The number of nitrogens with one attached hydrogen (secondary N) is 2. The molecule has 1 aliphatic carbocycles. The van der Waals surface area contributed by atoms with Crippen molar-refractivity contribution in [1.29, 1.82) is 0 Å². The van der Waals surface area contributed by atoms with Crippen LogP contribution in [0.2, 0.25) is 0 Å². The Kier molecular flexibility index (Phi) is 4.24. The summed E-state index contributed by atoms with van der Waals surface area (Å²) in [6.45, 7) is 3.86. The zero-order valence-electron chi connectivity index (χ0n) is 11.4. The molecular weight excluding hydrogens is 244 g/mol. The molecule has 0 atom stereocenters. The van der Waals surface area contributed by atoms with Gasteiger partial charge in [0, 0.05) is 18.3 Å². The summed E-state index contributed by atoms with van der Waals surface area (Å²) in [5.74, 6) is 0.0699. The van der Waals surface area contributed by atoms with Crippen LogP contribution < -0.4 is 5.32 Å². The highest BCUT2D eigenvalue weighted by Gasteiger charge is 2.23. The fourth-order valence-corrected chi connectivity index (χ4v) is 2.25. The second-order valence-electron chi connectivity index (χ2n) is 4.97. The summed E-state index contributed by atoms with van der Waals surface area (Å²) in [5, 5.41) is 2.80. The molecule has 1 fully saturated rings. The molecule has 19 heavy (non-hydrogen) atoms. The second kappa shape index (κ2) is 5.91. The highest BCUT2D eigenvalue weighted by Crippen LogP contribution is 2.30. The third-order valence-electron chi connectivity index (χ3n) is 3.53. The van der Waals surface area contributed by atoms with Crippen molar-refractivity contribution in [2.45, 2.75) is 39.5 Å². The maximum atomic E-state index is 11.9. The first-order chi connectivity index (χ1) is 9.11. The molecule has 1 aromatic heterocycles. The first-order valence-corrected chi connectivity index (χ1v) is 6.76. The Balaban J connectivity index is 2.02. The maximum Gasteiger partial charge on any atom is 0.342 e. The van der Waals surface area contributed by atoms with E-state index >= 15 is 0 Å². The minimum absolute atomic E-state index is 0.0331. The number of hydrogen-bond donors (Lipinski definition) is 2. The van der Waals surface area contributed by atoms with Crippen molar-refractivity contribution in [2.75, 3.05) is 11.9 Å². The number of hydrogen-bond acceptors (Lipinski definition) is 3. The molecule has 0 spiro atoms. The molecule has 1 heterocycles. The van der Waals surface area contributed by atoms with E-state index in [0.29, 0.717) is 35.9 Å². The van der Waals surface area contributed by atoms with Crippen molar-refractivity contribution in [2.24, 2.45) is 5.92 Å². The standard InChI is InChI=1S/C14H20N2O3/c1-3-19-14(18)13-9(2)15-8-11(13)16-12(17)7-10-5-4-6-10/h8,10,15H,3-7H2,1-2H3,(H,16,17). The van der Waals surface area contributed by atoms with E-state index in [1.165, 1.54) is 6.42 Å². The van der Waals surface area contributed by atoms with E-state index in [1.807, 2.05) is 0 Å². The predicted octanol–water partition coefficient (Wildman–Crippen LogP) is 2.63. The van der Waals surface area contributed by atoms with Crippen LogP contribution in [0.15, 0.2) is 6.20 Å². The molecule has 1 saturated carbocycles. The predicted molar refractivity (Wildman–Crippen MR) is 72.1 cm³/mol. The van der Waals surface area contributed by atoms with Gasteiger partial charge in [0.25, 0.3) is 0 Å². The molecule has 104 valence electrons. The van der Waals surface area contributed by atoms with Crippen LogP contribution in [-0.4, -0.2) is 23.5 Å². The summed E-state index contributed by atoms with van der Waals surface area (Å²) in [7, 11) is 0. The van der Waals surface area contributed by atoms with E-state index in [9.17, 15) is 9.59 Å². The number of ether oxygens (including phenoxy) is 1. The van der Waals surface area contributed by atoms with Gasteiger partial charge < -0.3 is 15.0 Å². The van der Waals surface area contributed by atoms with Gasteiger partial charge in [-0.05, 0) is 32.6 Å². The lowest BCUT2D eigenvalue weighted by molar-refractivity contribution is -0.117. The lowest BCUT2D eigenvalue weighted by Gasteiger charge is -2.24. The van der Waals surface area contributed by atoms with Crippen molar-refractivity contribution >= 4 is 17.6 Å². The number of esters is 1. The molecule has 0 radical (unpaired) electrons. The Morgan fingerprint density at radius 3 is 2.79 bits per heavy atom. The number of rotatable bonds is 5. The number of anilines is 1. The second-order valence-corrected chi connectivity index (χ2v) is 4.97. The largest absolute Gasteiger partial charge is 0.462 e. The molecular formula is C14H20N2O3. The van der Waals surface area contributed by atoms with Crippen LogP contribution in [0.4, 0.5) is 5.69 Å². The van der Waals surface area contributed by atoms with E-state index < -0.39 is 5.97 Å². The number of aromatic amines is 1. The molecule has 1 aromatic rings. The van der Waals surface area contributed by atoms with Gasteiger partial charge in [-0.25, -0.2) is 4.79 Å². The molecule has 1 amide bonds. The van der Waals surface area contributed by atoms with Crippen LogP contribution in [0.25, 0.3) is 0 Å². The molecule has 2 rings (SSSR count). The van der Waals surface area contributed by atoms with Crippen molar-refractivity contribution in [1.82, 2.24) is 4.98 Å². The average molecular weight is 264 g/mol. The Bertz CT molecular complexity index is 475. The lowest BCUT2D eigenvalue weighted by atomic mass is 9.83. The summed E-state index contributed by atoms with van der Waals surface area (Å²) in [6, 6.07) is 0. The third kappa shape index (κ3) is 3.16. The van der Waals surface area contributed by atoms with E-state index in [-0.39, 0.29) is 5.91 Å². The van der Waals surface area contributed by atoms with E-state index in [1.54, 1.807) is 20.0 Å². The molecule has 2 N–H and O–H groups in total. The van der Waals surface area contributed by atoms with Gasteiger partial charge in [0.05, 0.1) is 12.3 Å². The SMILES string of the molecule is CCOC(=O)c1c(NC(=O)CC2CCC2)c[nH]c1C. The molecule has 0 saturated heterocycles. The number of aryl methyl sites for hydroxylation is 1. The van der Waals surface area contributed by atoms with Gasteiger partial charge in [-0.1, -0.05) is 6.42 Å². The molecule has 1 aliphatic rings. The van der Waals surface area contributed by atoms with Gasteiger partial charge in [-0.3, -0.25) is 4.79 Å². The highest BCUT2D eigenvalue weighted by molar-refractivity contribution is 6.02. The first kappa shape index (κ1) is 13.6. The van der Waals surface area contributed by atoms with Crippen LogP contribution in [0.5, 0.6) is 0 Å². The zero-order valence-corrected chi connectivity index (χ0v) is 11.4. The normalized spacial score (nSPS) is 14.8. The minimum atomic E-state index is -0.403. The number of amides is 1. The quantitative estimate of drug-likeness (QED) is 0.803. The summed E-state index contributed by atoms with van der Waals surface area (Å²) in [5.41, 5.74) is 1.64. The Morgan fingerprint density at radius 1 is 1.47 bits per heavy atom. The molecule has 0 bridgehead atoms. The van der Waals surface area contributed by atoms with Crippen LogP contribution in [0.3, 0.4) is 0 Å². The number of carbonyl (C=O) groups is 2. The van der Waals surface area contributed by atoms with E-state index in [0.717, 1.165) is 12.8 Å². The first-order valence-electron chi connectivity index (χ1n) is 6.76. The molecule has 0 aliphatic heterocycles. The Labute approximate surface area is 112 Å². The fraction of sp³-hybridized carbons (Fsp3) is 0.571. The van der Waals surface area contributed by atoms with E-state index in [2.05, 4.69) is 10.3 Å². The van der Waals surface area contributed by atoms with Crippen molar-refractivity contribution in [3.05, 3.63) is 17.5 Å². The van der Waals surface area contributed by atoms with Crippen LogP contribution in [0.1, 0.15) is 48.7 Å². The lowest BCUT2D eigenvalue weighted by Crippen LogP contribution is -2.21. The number of aromatic nitrogens is 1. The van der Waals surface area contributed by atoms with Crippen LogP contribution in [0, 0.1) is 12.8 Å². The van der Waals surface area contributed by atoms with Crippen LogP contribution in [-0.2, 0) is 9.53 Å². The summed E-state index contributed by atoms with van der Waals surface area (Å²) >= 11 is 0. The molecule has 0 aromatic carbocycles.